The molecule has 0 aliphatic carbocycles. The summed E-state index contributed by atoms with van der Waals surface area (Å²) < 4.78 is 116. The predicted molar refractivity (Wildman–Crippen MR) is 486 cm³/mol. The molecule has 10 fully saturated rings. The van der Waals surface area contributed by atoms with Crippen molar-refractivity contribution >= 4 is 0 Å². The molecule has 10 saturated heterocycles. The van der Waals surface area contributed by atoms with E-state index in [-0.39, 0.29) is 26.2 Å². The van der Waals surface area contributed by atoms with Crippen molar-refractivity contribution in [1.29, 1.82) is 0 Å². The summed E-state index contributed by atoms with van der Waals surface area (Å²) in [4.78, 5) is 0. The van der Waals surface area contributed by atoms with Crippen molar-refractivity contribution in [2.24, 2.45) is 11.5 Å². The zero-order chi connectivity index (χ0) is 106. The van der Waals surface area contributed by atoms with Crippen LogP contribution in [0.1, 0.15) is 48.0 Å². The number of hydrogen-bond acceptors (Lipinski definition) is 56. The molecular weight excluding hydrogens is 1910 g/mol. The van der Waals surface area contributed by atoms with Gasteiger partial charge in [-0.25, -0.2) is 0 Å². The van der Waals surface area contributed by atoms with Crippen molar-refractivity contribution in [2.45, 2.75) is 354 Å². The molecule has 0 radical (unpaired) electrons. The maximum Gasteiger partial charge on any atom is 0.187 e. The largest absolute Gasteiger partial charge is 0.395 e. The van der Waals surface area contributed by atoms with Gasteiger partial charge in [0, 0.05) is 141 Å². The highest BCUT2D eigenvalue weighted by Crippen LogP contribution is 2.38. The third-order valence-corrected chi connectivity index (χ3v) is 26.1. The van der Waals surface area contributed by atoms with E-state index in [1.54, 1.807) is 41.7 Å². The van der Waals surface area contributed by atoms with Crippen molar-refractivity contribution < 1.29 is 232 Å². The molecule has 0 aromatic heterocycles. The first-order valence-electron chi connectivity index (χ1n) is 48.3. The van der Waals surface area contributed by atoms with Gasteiger partial charge in [-0.1, -0.05) is 6.92 Å². The minimum Gasteiger partial charge on any atom is -0.395 e. The number of nitrogens with one attached hydrogen (secondary N) is 7. The van der Waals surface area contributed by atoms with Crippen LogP contribution in [0.5, 0.6) is 0 Å². The smallest absolute Gasteiger partial charge is 0.187 e. The summed E-state index contributed by atoms with van der Waals surface area (Å²) in [5.41, 5.74) is 10.9. The Morgan fingerprint density at radius 1 is 0.218 bits per heavy atom. The third-order valence-electron chi connectivity index (χ3n) is 26.1. The zero-order valence-electron chi connectivity index (χ0n) is 82.7. The summed E-state index contributed by atoms with van der Waals surface area (Å²) >= 11 is 0. The number of aliphatic hydroxyl groups is 26. The van der Waals surface area contributed by atoms with Gasteiger partial charge >= 0.3 is 0 Å². The van der Waals surface area contributed by atoms with Crippen LogP contribution >= 0.6 is 0 Å². The summed E-state index contributed by atoms with van der Waals surface area (Å²) in [6.07, 6.45) is -53.9. The Morgan fingerprint density at radius 2 is 0.408 bits per heavy atom. The number of rotatable bonds is 47. The van der Waals surface area contributed by atoms with Crippen molar-refractivity contribution in [3.63, 3.8) is 0 Å². The molecule has 0 saturated carbocycles. The average Bonchev–Trinajstić information content (AvgIpc) is 0.797. The monoisotopic (exact) mass is 2080 g/mol. The fourth-order valence-corrected chi connectivity index (χ4v) is 17.8. The lowest BCUT2D eigenvalue weighted by molar-refractivity contribution is -0.339. The molecule has 0 aromatic carbocycles. The van der Waals surface area contributed by atoms with E-state index in [1.807, 2.05) is 6.92 Å². The van der Waals surface area contributed by atoms with Crippen LogP contribution in [0.15, 0.2) is 0 Å². The van der Waals surface area contributed by atoms with Crippen molar-refractivity contribution in [3.8, 4) is 0 Å². The zero-order valence-corrected chi connectivity index (χ0v) is 82.7. The number of nitrogens with two attached hydrogens (primary N) is 2. The van der Waals surface area contributed by atoms with Gasteiger partial charge in [-0.15, -0.1) is 0 Å². The number of ether oxygens (including phenoxy) is 21. The Morgan fingerprint density at radius 3 is 0.606 bits per heavy atom. The Balaban J connectivity index is 0.000000272. The molecule has 842 valence electrons. The molecule has 50 atom stereocenters. The fraction of sp³-hybridized carbons (Fsp3) is 1.00. The molecule has 10 aliphatic rings. The summed E-state index contributed by atoms with van der Waals surface area (Å²) in [7, 11) is 8.56. The van der Waals surface area contributed by atoms with E-state index in [0.717, 1.165) is 13.0 Å². The molecule has 37 N–H and O–H groups in total. The second-order valence-corrected chi connectivity index (χ2v) is 36.2. The number of aliphatic hydroxyl groups excluding tert-OH is 26. The SMILES string of the molecule is CCCNC[C@H]1O[C@H](OC2[C@@H](CO)O[C@H](C)[C@H](O)[C@H]2O)[C@H](O)[C@@H](O)[C@@H]1OC.COCCNC[C@H]1O[C@H](OC2[C@@H](CO)O[C@H](C)[C@H](O)[C@H]2O)[C@H](O)[C@@H](O)[C@@H]1OC.CO[C@H]1[C@H](O)[C@@H](O)[C@@H](OC2[C@@H](CO)O[C@H](C)[C@H](O)[C@H]2O)O[C@@H]1CNCCN.CO[C@H]1[C@H](O)[C@@H](O)[C@@H](OC2[C@@H](CO)O[C@H](C)[C@H](O)[C@H]2O)O[C@@H]1CNCCNCCN.CO[C@H]1[C@H](O)[C@@H](O)[C@@H](OC2[C@@H](CO)O[C@H](C)[C@H](O)[C@H]2O)O[C@@H]1CNCCNCCO. The Labute approximate surface area is 825 Å². The molecule has 10 aliphatic heterocycles. The molecule has 0 bridgehead atoms. The van der Waals surface area contributed by atoms with Gasteiger partial charge in [-0.3, -0.25) is 0 Å². The van der Waals surface area contributed by atoms with Gasteiger partial charge in [-0.2, -0.15) is 0 Å². The second kappa shape index (κ2) is 66.0. The van der Waals surface area contributed by atoms with Crippen molar-refractivity contribution in [3.05, 3.63) is 0 Å². The number of hydrogen-bond donors (Lipinski definition) is 35. The molecular formula is C86H171N9O47. The summed E-state index contributed by atoms with van der Waals surface area (Å²) in [5.74, 6) is 0. The molecule has 10 heterocycles. The fourth-order valence-electron chi connectivity index (χ4n) is 17.8. The summed E-state index contributed by atoms with van der Waals surface area (Å²) in [6.45, 7) is 16.0. The average molecular weight is 2080 g/mol. The molecule has 0 spiro atoms. The summed E-state index contributed by atoms with van der Waals surface area (Å²) in [5, 5.41) is 284. The molecule has 10 rings (SSSR count). The lowest BCUT2D eigenvalue weighted by Gasteiger charge is -2.46. The van der Waals surface area contributed by atoms with Crippen LogP contribution < -0.4 is 48.7 Å². The molecule has 0 aromatic rings. The van der Waals surface area contributed by atoms with Crippen molar-refractivity contribution in [1.82, 2.24) is 37.2 Å². The van der Waals surface area contributed by atoms with Gasteiger partial charge in [0.15, 0.2) is 31.5 Å². The van der Waals surface area contributed by atoms with E-state index in [2.05, 4.69) is 37.2 Å². The van der Waals surface area contributed by atoms with Gasteiger partial charge in [0.1, 0.15) is 244 Å². The summed E-state index contributed by atoms with van der Waals surface area (Å²) in [6, 6.07) is 0. The van der Waals surface area contributed by atoms with Gasteiger partial charge in [-0.05, 0) is 47.6 Å². The quantitative estimate of drug-likeness (QED) is 0.0252. The van der Waals surface area contributed by atoms with E-state index >= 15 is 0 Å². The topological polar surface area (TPSA) is 856 Å². The lowest BCUT2D eigenvalue weighted by atomic mass is 9.95. The van der Waals surface area contributed by atoms with Crippen LogP contribution in [0.3, 0.4) is 0 Å². The Hall–Kier alpha value is -2.24. The maximum absolute atomic E-state index is 10.5. The van der Waals surface area contributed by atoms with Crippen molar-refractivity contribution in [2.75, 3.05) is 194 Å². The van der Waals surface area contributed by atoms with E-state index in [4.69, 9.17) is 116 Å². The van der Waals surface area contributed by atoms with Crippen LogP contribution in [0, 0.1) is 0 Å². The molecule has 0 amide bonds. The number of methoxy groups -OCH3 is 6. The first-order chi connectivity index (χ1) is 67.7. The molecule has 56 nitrogen and oxygen atoms in total. The van der Waals surface area contributed by atoms with E-state index < -0.39 is 339 Å². The van der Waals surface area contributed by atoms with Gasteiger partial charge in [0.25, 0.3) is 0 Å². The normalized spacial score (nSPS) is 44.1. The molecule has 142 heavy (non-hydrogen) atoms. The lowest BCUT2D eigenvalue weighted by Crippen LogP contribution is -2.65. The highest BCUT2D eigenvalue weighted by molar-refractivity contribution is 5.03. The highest BCUT2D eigenvalue weighted by Gasteiger charge is 2.58. The van der Waals surface area contributed by atoms with Gasteiger partial charge in [0.05, 0.1) is 76.8 Å². The standard InChI is InChI=1S/C18H37N3O9.C18H36N2O10.C17H33NO10.C17H33NO9.C16H32N2O9/c1-9-12(23)13(24)17(11(8-22)28-9)30-18-15(26)14(25)16(27-2)10(29-18)7-21-6-5-20-4-3-19;1-9-12(23)13(24)17(11(8-22)28-9)30-18-15(26)14(25)16(27-2)10(29-18)7-20-4-3-19-5-6-21;1-8-11(20)12(21)16(10(7-19)26-8)28-17-14(23)13(22)15(25-3)9(27-17)6-18-4-5-24-2;1-4-5-18-6-9-15(24-3)13(22)14(23)17(26-9)27-16-10(7-19)25-8(2)11(20)12(16)21;1-7-10(20)11(21)15(9(6-19)25-7)27-16-13(23)12(22)14(24-2)8(26-16)5-18-4-3-17/h9-18,20-26H,3-8,19H2,1-2H3;9-26H,3-8H2,1-2H3;8-23H,4-7H2,1-3H3;8-23H,4-7H2,1-3H3;7-16,18-23H,3-6,17H2,1-2H3/t2*9-,10-,11-,12+,13-,14-,15-,16-,17?,18-;2*8-,9-,10-,11+,12-,13-,14-,15-,16?,17-;7-,8-,9-,10+,11-,12-,13-,14-,15?,16-/m11111/s1. The third kappa shape index (κ3) is 35.4. The van der Waals surface area contributed by atoms with Gasteiger partial charge < -0.3 is 281 Å². The van der Waals surface area contributed by atoms with E-state index in [1.165, 1.54) is 35.5 Å². The highest BCUT2D eigenvalue weighted by atomic mass is 16.8. The minimum atomic E-state index is -1.49. The van der Waals surface area contributed by atoms with Crippen LogP contribution in [-0.2, 0) is 99.5 Å². The molecule has 5 unspecified atom stereocenters. The van der Waals surface area contributed by atoms with E-state index in [0.29, 0.717) is 85.1 Å². The second-order valence-electron chi connectivity index (χ2n) is 36.2. The van der Waals surface area contributed by atoms with Crippen LogP contribution in [-0.4, -0.2) is 633 Å². The van der Waals surface area contributed by atoms with E-state index in [9.17, 15) is 128 Å². The minimum absolute atomic E-state index is 0.0413. The maximum atomic E-state index is 10.5. The Kier molecular flexibility index (Phi) is 59.7. The Bertz CT molecular complexity index is 3090. The predicted octanol–water partition coefficient (Wildman–Crippen LogP) is -19.2. The van der Waals surface area contributed by atoms with Gasteiger partial charge in [0.2, 0.25) is 0 Å². The van der Waals surface area contributed by atoms with Crippen LogP contribution in [0.4, 0.5) is 0 Å². The first-order valence-corrected chi connectivity index (χ1v) is 48.3. The molecule has 56 heteroatoms. The van der Waals surface area contributed by atoms with Crippen LogP contribution in [0.2, 0.25) is 0 Å². The van der Waals surface area contributed by atoms with Crippen LogP contribution in [0.25, 0.3) is 0 Å². The first kappa shape index (κ1) is 128.